The van der Waals surface area contributed by atoms with Crippen molar-refractivity contribution in [2.24, 2.45) is 0 Å². The predicted octanol–water partition coefficient (Wildman–Crippen LogP) is 5.01. The molecular formula is C25H25N5OS. The van der Waals surface area contributed by atoms with Gasteiger partial charge in [-0.3, -0.25) is 4.79 Å². The molecule has 1 N–H and O–H groups in total. The maximum Gasteiger partial charge on any atom is 0.254 e. The molecule has 162 valence electrons. The van der Waals surface area contributed by atoms with E-state index in [1.807, 2.05) is 60.5 Å². The summed E-state index contributed by atoms with van der Waals surface area (Å²) in [6.45, 7) is 2.83. The fraction of sp³-hybridized carbons (Fsp3) is 0.280. The Morgan fingerprint density at radius 3 is 2.81 bits per heavy atom. The van der Waals surface area contributed by atoms with Crippen LogP contribution in [0, 0.1) is 0 Å². The Morgan fingerprint density at radius 2 is 2.00 bits per heavy atom. The Morgan fingerprint density at radius 1 is 1.16 bits per heavy atom. The zero-order valence-electron chi connectivity index (χ0n) is 18.2. The molecule has 2 aromatic carbocycles. The molecular weight excluding hydrogens is 418 g/mol. The van der Waals surface area contributed by atoms with Gasteiger partial charge in [0, 0.05) is 23.7 Å². The van der Waals surface area contributed by atoms with Gasteiger partial charge >= 0.3 is 0 Å². The molecule has 1 aliphatic rings. The molecule has 2 aromatic heterocycles. The molecule has 1 amide bonds. The van der Waals surface area contributed by atoms with E-state index in [0.29, 0.717) is 0 Å². The van der Waals surface area contributed by atoms with Crippen molar-refractivity contribution >= 4 is 27.6 Å². The summed E-state index contributed by atoms with van der Waals surface area (Å²) in [4.78, 5) is 30.2. The zero-order chi connectivity index (χ0) is 22.1. The second kappa shape index (κ2) is 8.76. The van der Waals surface area contributed by atoms with Crippen molar-refractivity contribution in [1.82, 2.24) is 25.2 Å². The number of carbonyl (C=O) groups is 1. The number of hydrogen-bond acceptors (Lipinski definition) is 6. The summed E-state index contributed by atoms with van der Waals surface area (Å²) in [6, 6.07) is 18.1. The number of nitrogens with zero attached hydrogens (tertiary/aromatic N) is 4. The minimum absolute atomic E-state index is 0.0318. The van der Waals surface area contributed by atoms with Gasteiger partial charge < -0.3 is 10.2 Å². The Balaban J connectivity index is 1.48. The number of hydrogen-bond donors (Lipinski definition) is 1. The number of fused-ring (bicyclic) bond motifs is 1. The van der Waals surface area contributed by atoms with E-state index in [-0.39, 0.29) is 18.0 Å². The van der Waals surface area contributed by atoms with Crippen LogP contribution in [-0.4, -0.2) is 39.4 Å². The van der Waals surface area contributed by atoms with Crippen LogP contribution in [0.4, 0.5) is 0 Å². The molecule has 1 aliphatic heterocycles. The molecule has 5 rings (SSSR count). The van der Waals surface area contributed by atoms with Gasteiger partial charge in [-0.2, -0.15) is 0 Å². The van der Waals surface area contributed by atoms with Crippen LogP contribution in [0.5, 0.6) is 0 Å². The van der Waals surface area contributed by atoms with E-state index in [4.69, 9.17) is 4.98 Å². The third-order valence-electron chi connectivity index (χ3n) is 6.12. The van der Waals surface area contributed by atoms with Crippen LogP contribution in [0.25, 0.3) is 21.6 Å². The van der Waals surface area contributed by atoms with Crippen molar-refractivity contribution in [3.05, 3.63) is 77.1 Å². The minimum Gasteiger partial charge on any atom is -0.329 e. The Labute approximate surface area is 191 Å². The van der Waals surface area contributed by atoms with Crippen molar-refractivity contribution in [2.45, 2.75) is 31.8 Å². The molecule has 4 aromatic rings. The SMILES string of the molecule is CNC(C)c1cccc(C(=O)N2CCC[C@H]2c2nc3c(-c4ccccc4)ncnc3s2)c1. The number of nitrogens with one attached hydrogen (secondary N) is 1. The lowest BCUT2D eigenvalue weighted by Gasteiger charge is -2.23. The summed E-state index contributed by atoms with van der Waals surface area (Å²) in [5, 5.41) is 4.17. The van der Waals surface area contributed by atoms with E-state index in [1.54, 1.807) is 17.7 Å². The average Bonchev–Trinajstić information content (AvgIpc) is 3.50. The second-order valence-corrected chi connectivity index (χ2v) is 9.10. The Hall–Kier alpha value is -3.16. The van der Waals surface area contributed by atoms with E-state index in [9.17, 15) is 4.79 Å². The standard InChI is InChI=1S/C25H25N5OS/c1-16(26-2)18-10-6-11-19(14-18)25(31)30-13-7-12-20(30)23-29-22-21(17-8-4-3-5-9-17)27-15-28-24(22)32-23/h3-6,8-11,14-16,20,26H,7,12-13H2,1-2H3/t16?,20-/m0/s1. The van der Waals surface area contributed by atoms with Crippen LogP contribution in [0.3, 0.4) is 0 Å². The highest BCUT2D eigenvalue weighted by Gasteiger charge is 2.33. The zero-order valence-corrected chi connectivity index (χ0v) is 19.0. The Kier molecular flexibility index (Phi) is 5.68. The van der Waals surface area contributed by atoms with Crippen molar-refractivity contribution in [2.75, 3.05) is 13.6 Å². The number of rotatable bonds is 5. The van der Waals surface area contributed by atoms with Gasteiger partial charge in [0.25, 0.3) is 5.91 Å². The lowest BCUT2D eigenvalue weighted by molar-refractivity contribution is 0.0735. The summed E-state index contributed by atoms with van der Waals surface area (Å²) in [5.41, 5.74) is 4.50. The van der Waals surface area contributed by atoms with Crippen LogP contribution in [0.15, 0.2) is 60.9 Å². The molecule has 1 fully saturated rings. The predicted molar refractivity (Wildman–Crippen MR) is 128 cm³/mol. The van der Waals surface area contributed by atoms with E-state index >= 15 is 0 Å². The molecule has 0 aliphatic carbocycles. The summed E-state index contributed by atoms with van der Waals surface area (Å²) in [7, 11) is 1.93. The molecule has 0 bridgehead atoms. The van der Waals surface area contributed by atoms with Crippen LogP contribution in [-0.2, 0) is 0 Å². The summed E-state index contributed by atoms with van der Waals surface area (Å²) < 4.78 is 0. The molecule has 1 unspecified atom stereocenters. The second-order valence-electron chi connectivity index (χ2n) is 8.09. The molecule has 1 saturated heterocycles. The van der Waals surface area contributed by atoms with E-state index in [1.165, 1.54) is 0 Å². The quantitative estimate of drug-likeness (QED) is 0.469. The average molecular weight is 444 g/mol. The number of benzene rings is 2. The molecule has 0 spiro atoms. The van der Waals surface area contributed by atoms with Crippen molar-refractivity contribution in [3.63, 3.8) is 0 Å². The molecule has 0 radical (unpaired) electrons. The smallest absolute Gasteiger partial charge is 0.254 e. The molecule has 2 atom stereocenters. The highest BCUT2D eigenvalue weighted by molar-refractivity contribution is 7.18. The van der Waals surface area contributed by atoms with Gasteiger partial charge in [0.05, 0.1) is 6.04 Å². The highest BCUT2D eigenvalue weighted by Crippen LogP contribution is 2.38. The van der Waals surface area contributed by atoms with Crippen LogP contribution < -0.4 is 5.32 Å². The van der Waals surface area contributed by atoms with Crippen LogP contribution in [0.1, 0.15) is 52.8 Å². The topological polar surface area (TPSA) is 71.0 Å². The first kappa shape index (κ1) is 20.7. The molecule has 0 saturated carbocycles. The third kappa shape index (κ3) is 3.78. The van der Waals surface area contributed by atoms with Gasteiger partial charge in [-0.15, -0.1) is 0 Å². The molecule has 7 heteroatoms. The molecule has 3 heterocycles. The maximum atomic E-state index is 13.5. The van der Waals surface area contributed by atoms with E-state index < -0.39 is 0 Å². The van der Waals surface area contributed by atoms with E-state index in [0.717, 1.165) is 57.1 Å². The normalized spacial score (nSPS) is 17.1. The lowest BCUT2D eigenvalue weighted by atomic mass is 10.0. The van der Waals surface area contributed by atoms with Gasteiger partial charge in [-0.25, -0.2) is 15.0 Å². The number of aromatic nitrogens is 3. The lowest BCUT2D eigenvalue weighted by Crippen LogP contribution is -2.30. The largest absolute Gasteiger partial charge is 0.329 e. The highest BCUT2D eigenvalue weighted by atomic mass is 32.1. The van der Waals surface area contributed by atoms with Gasteiger partial charge in [-0.1, -0.05) is 53.8 Å². The Bertz CT molecular complexity index is 1260. The summed E-state index contributed by atoms with van der Waals surface area (Å²) in [6.07, 6.45) is 3.47. The first-order valence-corrected chi connectivity index (χ1v) is 11.7. The molecule has 6 nitrogen and oxygen atoms in total. The minimum atomic E-state index is -0.0318. The van der Waals surface area contributed by atoms with Crippen molar-refractivity contribution in [3.8, 4) is 11.3 Å². The maximum absolute atomic E-state index is 13.5. The fourth-order valence-corrected chi connectivity index (χ4v) is 5.31. The van der Waals surface area contributed by atoms with Gasteiger partial charge in [-0.05, 0) is 44.5 Å². The van der Waals surface area contributed by atoms with Crippen molar-refractivity contribution in [1.29, 1.82) is 0 Å². The van der Waals surface area contributed by atoms with Gasteiger partial charge in [0.2, 0.25) is 0 Å². The van der Waals surface area contributed by atoms with Crippen LogP contribution >= 0.6 is 11.3 Å². The van der Waals surface area contributed by atoms with E-state index in [2.05, 4.69) is 28.3 Å². The number of likely N-dealkylation sites (tertiary alicyclic amines) is 1. The summed E-state index contributed by atoms with van der Waals surface area (Å²) in [5.74, 6) is 0.0614. The monoisotopic (exact) mass is 443 g/mol. The number of carbonyl (C=O) groups excluding carboxylic acids is 1. The fourth-order valence-electron chi connectivity index (χ4n) is 4.26. The molecule has 32 heavy (non-hydrogen) atoms. The first-order valence-electron chi connectivity index (χ1n) is 10.9. The summed E-state index contributed by atoms with van der Waals surface area (Å²) >= 11 is 1.57. The van der Waals surface area contributed by atoms with Gasteiger partial charge in [0.1, 0.15) is 27.4 Å². The van der Waals surface area contributed by atoms with Crippen molar-refractivity contribution < 1.29 is 4.79 Å². The number of amides is 1. The van der Waals surface area contributed by atoms with Crippen LogP contribution in [0.2, 0.25) is 0 Å². The number of thiazole rings is 1. The third-order valence-corrected chi connectivity index (χ3v) is 7.19. The first-order chi connectivity index (χ1) is 15.7. The van der Waals surface area contributed by atoms with Gasteiger partial charge in [0.15, 0.2) is 0 Å².